The maximum absolute atomic E-state index is 9.58. The zero-order valence-electron chi connectivity index (χ0n) is 7.68. The molecule has 74 valence electrons. The largest absolute Gasteiger partial charge is 0.508 e. The number of phenolic OH excluding ortho intramolecular Hbond substituents is 1. The standard InChI is InChI=1S/C10H12N2O2/c11-10-6-14-5-8(12-10)7-3-1-2-4-9(7)13/h1-4,8,13H,5-6H2,(H2,11,12)/t8-/m0/s1. The van der Waals surface area contributed by atoms with E-state index in [1.54, 1.807) is 12.1 Å². The molecule has 14 heavy (non-hydrogen) atoms. The monoisotopic (exact) mass is 192 g/mol. The number of nitrogens with two attached hydrogens (primary N) is 1. The summed E-state index contributed by atoms with van der Waals surface area (Å²) in [6, 6.07) is 6.91. The molecule has 0 bridgehead atoms. The van der Waals surface area contributed by atoms with Crippen LogP contribution < -0.4 is 5.73 Å². The summed E-state index contributed by atoms with van der Waals surface area (Å²) in [7, 11) is 0. The molecule has 0 aliphatic carbocycles. The molecular formula is C10H12N2O2. The maximum Gasteiger partial charge on any atom is 0.121 e. The summed E-state index contributed by atoms with van der Waals surface area (Å²) in [4.78, 5) is 4.22. The third kappa shape index (κ3) is 1.70. The van der Waals surface area contributed by atoms with Crippen LogP contribution in [0.2, 0.25) is 0 Å². The van der Waals surface area contributed by atoms with Gasteiger partial charge in [-0.1, -0.05) is 18.2 Å². The summed E-state index contributed by atoms with van der Waals surface area (Å²) in [5.41, 5.74) is 6.32. The summed E-state index contributed by atoms with van der Waals surface area (Å²) < 4.78 is 5.24. The van der Waals surface area contributed by atoms with Gasteiger partial charge >= 0.3 is 0 Å². The minimum atomic E-state index is -0.176. The predicted octanol–water partition coefficient (Wildman–Crippen LogP) is 0.821. The van der Waals surface area contributed by atoms with Gasteiger partial charge in [-0.05, 0) is 6.07 Å². The predicted molar refractivity (Wildman–Crippen MR) is 53.3 cm³/mol. The minimum absolute atomic E-state index is 0.176. The third-order valence-corrected chi connectivity index (χ3v) is 2.14. The number of phenols is 1. The number of amidine groups is 1. The number of ether oxygens (including phenoxy) is 1. The van der Waals surface area contributed by atoms with Gasteiger partial charge in [-0.25, -0.2) is 0 Å². The lowest BCUT2D eigenvalue weighted by atomic mass is 10.1. The van der Waals surface area contributed by atoms with Crippen molar-refractivity contribution in [2.45, 2.75) is 6.04 Å². The van der Waals surface area contributed by atoms with Crippen LogP contribution in [-0.2, 0) is 4.74 Å². The molecule has 0 saturated heterocycles. The first-order valence-electron chi connectivity index (χ1n) is 4.45. The Morgan fingerprint density at radius 2 is 2.21 bits per heavy atom. The number of hydrogen-bond acceptors (Lipinski definition) is 4. The molecule has 4 heteroatoms. The number of benzene rings is 1. The van der Waals surface area contributed by atoms with E-state index < -0.39 is 0 Å². The number of hydrogen-bond donors (Lipinski definition) is 2. The molecule has 0 fully saturated rings. The average molecular weight is 192 g/mol. The van der Waals surface area contributed by atoms with Gasteiger partial charge in [0, 0.05) is 5.56 Å². The zero-order valence-corrected chi connectivity index (χ0v) is 7.68. The first-order valence-corrected chi connectivity index (χ1v) is 4.45. The van der Waals surface area contributed by atoms with Crippen molar-refractivity contribution in [1.82, 2.24) is 0 Å². The fraction of sp³-hybridized carbons (Fsp3) is 0.300. The fourth-order valence-corrected chi connectivity index (χ4v) is 1.48. The van der Waals surface area contributed by atoms with E-state index in [-0.39, 0.29) is 11.8 Å². The van der Waals surface area contributed by atoms with Gasteiger partial charge in [0.15, 0.2) is 0 Å². The van der Waals surface area contributed by atoms with E-state index in [0.29, 0.717) is 19.0 Å². The Morgan fingerprint density at radius 3 is 2.93 bits per heavy atom. The molecule has 1 aliphatic rings. The lowest BCUT2D eigenvalue weighted by Crippen LogP contribution is -2.27. The van der Waals surface area contributed by atoms with Gasteiger partial charge in [0.05, 0.1) is 6.61 Å². The highest BCUT2D eigenvalue weighted by Crippen LogP contribution is 2.27. The number of nitrogens with zero attached hydrogens (tertiary/aromatic N) is 1. The van der Waals surface area contributed by atoms with E-state index in [0.717, 1.165) is 5.56 Å². The van der Waals surface area contributed by atoms with E-state index in [2.05, 4.69) is 4.99 Å². The second-order valence-corrected chi connectivity index (χ2v) is 3.21. The highest BCUT2D eigenvalue weighted by Gasteiger charge is 2.18. The van der Waals surface area contributed by atoms with E-state index in [9.17, 15) is 5.11 Å². The molecule has 3 N–H and O–H groups in total. The Hall–Kier alpha value is -1.55. The third-order valence-electron chi connectivity index (χ3n) is 2.14. The molecule has 4 nitrogen and oxygen atoms in total. The van der Waals surface area contributed by atoms with Crippen LogP contribution >= 0.6 is 0 Å². The van der Waals surface area contributed by atoms with Crippen molar-refractivity contribution < 1.29 is 9.84 Å². The summed E-state index contributed by atoms with van der Waals surface area (Å²) in [5.74, 6) is 0.712. The molecular weight excluding hydrogens is 180 g/mol. The van der Waals surface area contributed by atoms with Gasteiger partial charge in [-0.15, -0.1) is 0 Å². The van der Waals surface area contributed by atoms with E-state index in [1.165, 1.54) is 0 Å². The fourth-order valence-electron chi connectivity index (χ4n) is 1.48. The molecule has 0 saturated carbocycles. The van der Waals surface area contributed by atoms with E-state index in [1.807, 2.05) is 12.1 Å². The van der Waals surface area contributed by atoms with Gasteiger partial charge in [0.1, 0.15) is 24.2 Å². The number of aliphatic imine (C=N–C) groups is 1. The van der Waals surface area contributed by atoms with Crippen molar-refractivity contribution >= 4 is 5.84 Å². The smallest absolute Gasteiger partial charge is 0.121 e. The zero-order chi connectivity index (χ0) is 9.97. The molecule has 1 aromatic carbocycles. The van der Waals surface area contributed by atoms with Crippen LogP contribution in [0.25, 0.3) is 0 Å². The molecule has 0 amide bonds. The molecule has 1 heterocycles. The molecule has 1 atom stereocenters. The van der Waals surface area contributed by atoms with Gasteiger partial charge < -0.3 is 15.6 Å². The van der Waals surface area contributed by atoms with Crippen LogP contribution in [0.5, 0.6) is 5.75 Å². The normalized spacial score (nSPS) is 21.7. The van der Waals surface area contributed by atoms with Crippen molar-refractivity contribution in [3.05, 3.63) is 29.8 Å². The van der Waals surface area contributed by atoms with Crippen molar-refractivity contribution in [2.24, 2.45) is 10.7 Å². The van der Waals surface area contributed by atoms with Crippen LogP contribution in [0.3, 0.4) is 0 Å². The summed E-state index contributed by atoms with van der Waals surface area (Å²) in [5, 5.41) is 9.58. The SMILES string of the molecule is NC1=N[C@H](c2ccccc2O)COC1. The molecule has 2 rings (SSSR count). The number of para-hydroxylation sites is 1. The van der Waals surface area contributed by atoms with Gasteiger partial charge in [-0.3, -0.25) is 4.99 Å². The first kappa shape index (κ1) is 9.02. The number of rotatable bonds is 1. The Labute approximate surface area is 82.0 Å². The van der Waals surface area contributed by atoms with Crippen LogP contribution in [-0.4, -0.2) is 24.2 Å². The molecule has 1 aliphatic heterocycles. The molecule has 0 spiro atoms. The van der Waals surface area contributed by atoms with Crippen molar-refractivity contribution in [3.8, 4) is 5.75 Å². The Bertz CT molecular complexity index is 363. The second kappa shape index (κ2) is 3.67. The number of aromatic hydroxyl groups is 1. The van der Waals surface area contributed by atoms with Crippen molar-refractivity contribution in [3.63, 3.8) is 0 Å². The first-order chi connectivity index (χ1) is 6.77. The van der Waals surface area contributed by atoms with Crippen molar-refractivity contribution in [2.75, 3.05) is 13.2 Å². The molecule has 0 radical (unpaired) electrons. The maximum atomic E-state index is 9.58. The quantitative estimate of drug-likeness (QED) is 0.692. The van der Waals surface area contributed by atoms with Crippen LogP contribution in [0.4, 0.5) is 0 Å². The van der Waals surface area contributed by atoms with Crippen LogP contribution in [0, 0.1) is 0 Å². The highest BCUT2D eigenvalue weighted by molar-refractivity contribution is 5.82. The Kier molecular flexibility index (Phi) is 2.37. The second-order valence-electron chi connectivity index (χ2n) is 3.21. The van der Waals surface area contributed by atoms with E-state index in [4.69, 9.17) is 10.5 Å². The average Bonchev–Trinajstić information content (AvgIpc) is 2.18. The van der Waals surface area contributed by atoms with Gasteiger partial charge in [0.25, 0.3) is 0 Å². The molecule has 0 aromatic heterocycles. The molecule has 0 unspecified atom stereocenters. The summed E-state index contributed by atoms with van der Waals surface area (Å²) in [6.07, 6.45) is 0. The van der Waals surface area contributed by atoms with Crippen LogP contribution in [0.1, 0.15) is 11.6 Å². The van der Waals surface area contributed by atoms with Crippen LogP contribution in [0.15, 0.2) is 29.3 Å². The lowest BCUT2D eigenvalue weighted by Gasteiger charge is -2.19. The highest BCUT2D eigenvalue weighted by atomic mass is 16.5. The Balaban J connectivity index is 2.31. The van der Waals surface area contributed by atoms with Gasteiger partial charge in [0.2, 0.25) is 0 Å². The minimum Gasteiger partial charge on any atom is -0.508 e. The van der Waals surface area contributed by atoms with Gasteiger partial charge in [-0.2, -0.15) is 0 Å². The summed E-state index contributed by atoms with van der Waals surface area (Å²) in [6.45, 7) is 0.850. The molecule has 1 aromatic rings. The summed E-state index contributed by atoms with van der Waals surface area (Å²) >= 11 is 0. The topological polar surface area (TPSA) is 67.8 Å². The van der Waals surface area contributed by atoms with E-state index >= 15 is 0 Å². The Morgan fingerprint density at radius 1 is 1.43 bits per heavy atom. The lowest BCUT2D eigenvalue weighted by molar-refractivity contribution is 0.142. The van der Waals surface area contributed by atoms with Crippen molar-refractivity contribution in [1.29, 1.82) is 0 Å².